The highest BCUT2D eigenvalue weighted by Crippen LogP contribution is 2.53. The first-order chi connectivity index (χ1) is 18.1. The topological polar surface area (TPSA) is 53.6 Å². The molecule has 38 heavy (non-hydrogen) atoms. The molecule has 3 saturated heterocycles. The number of piperidine rings is 2. The largest absolute Gasteiger partial charge is 0.417 e. The molecule has 4 aliphatic rings. The van der Waals surface area contributed by atoms with E-state index in [0.29, 0.717) is 24.3 Å². The predicted octanol–water partition coefficient (Wildman–Crippen LogP) is 5.24. The predicted molar refractivity (Wildman–Crippen MR) is 157 cm³/mol. The van der Waals surface area contributed by atoms with E-state index in [1.165, 1.54) is 5.56 Å². The molecule has 2 aromatic carbocycles. The summed E-state index contributed by atoms with van der Waals surface area (Å²) in [5.41, 5.74) is 2.00. The molecule has 1 saturated carbocycles. The van der Waals surface area contributed by atoms with Crippen LogP contribution in [-0.2, 0) is 22.2 Å². The number of rotatable bonds is 10. The number of carbonyl (C=O) groups excluding carboxylic acids is 1. The second kappa shape index (κ2) is 10.9. The van der Waals surface area contributed by atoms with Gasteiger partial charge in [-0.1, -0.05) is 81.4 Å². The molecule has 3 heterocycles. The summed E-state index contributed by atoms with van der Waals surface area (Å²) in [4.78, 5) is 16.8. The van der Waals surface area contributed by atoms with Gasteiger partial charge in [0.15, 0.2) is 8.32 Å². The van der Waals surface area contributed by atoms with E-state index < -0.39 is 13.9 Å². The van der Waals surface area contributed by atoms with E-state index in [1.807, 2.05) is 18.2 Å². The van der Waals surface area contributed by atoms with Crippen LogP contribution in [0.2, 0.25) is 18.1 Å². The Bertz CT molecular complexity index is 1090. The number of fused-ring (bicyclic) bond motifs is 1. The lowest BCUT2D eigenvalue weighted by atomic mass is 9.58. The maximum absolute atomic E-state index is 14.1. The van der Waals surface area contributed by atoms with Crippen molar-refractivity contribution < 1.29 is 9.22 Å². The Labute approximate surface area is 230 Å². The van der Waals surface area contributed by atoms with Crippen LogP contribution in [-0.4, -0.2) is 56.9 Å². The van der Waals surface area contributed by atoms with E-state index in [0.717, 1.165) is 51.1 Å². The number of nitrogens with one attached hydrogen (secondary N) is 2. The molecule has 0 radical (unpaired) electrons. The lowest BCUT2D eigenvalue weighted by Crippen LogP contribution is -2.76. The second-order valence-electron chi connectivity index (χ2n) is 13.3. The molecule has 0 aromatic heterocycles. The van der Waals surface area contributed by atoms with E-state index in [1.54, 1.807) is 0 Å². The minimum absolute atomic E-state index is 0.187. The molecule has 1 amide bonds. The summed E-state index contributed by atoms with van der Waals surface area (Å²) in [7, 11) is -1.81. The highest BCUT2D eigenvalue weighted by atomic mass is 28.4. The molecule has 2 N–H and O–H groups in total. The first-order valence-corrected chi connectivity index (χ1v) is 17.5. The maximum atomic E-state index is 14.1. The van der Waals surface area contributed by atoms with Gasteiger partial charge in [0.05, 0.1) is 0 Å². The minimum atomic E-state index is -1.81. The SMILES string of the molecule is CC(C)(C)[Si](C)(C)OCCC1C2CNC3(C(=O)NCc4ccccc4)C(C2)CN(CCc2ccccc2)C13. The number of benzene rings is 2. The number of amides is 1. The lowest BCUT2D eigenvalue weighted by molar-refractivity contribution is -0.138. The van der Waals surface area contributed by atoms with Crippen molar-refractivity contribution in [3.63, 3.8) is 0 Å². The van der Waals surface area contributed by atoms with Crippen LogP contribution < -0.4 is 10.6 Å². The van der Waals surface area contributed by atoms with Gasteiger partial charge in [-0.2, -0.15) is 0 Å². The quantitative estimate of drug-likeness (QED) is 0.411. The van der Waals surface area contributed by atoms with Crippen molar-refractivity contribution >= 4 is 14.2 Å². The Morgan fingerprint density at radius 2 is 1.74 bits per heavy atom. The van der Waals surface area contributed by atoms with Gasteiger partial charge >= 0.3 is 0 Å². The third kappa shape index (κ3) is 5.25. The van der Waals surface area contributed by atoms with Gasteiger partial charge in [-0.25, -0.2) is 0 Å². The monoisotopic (exact) mass is 533 g/mol. The zero-order valence-corrected chi connectivity index (χ0v) is 25.0. The molecule has 0 spiro atoms. The van der Waals surface area contributed by atoms with Crippen LogP contribution in [0.4, 0.5) is 0 Å². The van der Waals surface area contributed by atoms with Gasteiger partial charge in [-0.3, -0.25) is 9.69 Å². The number of likely N-dealkylation sites (tertiary alicyclic amines) is 1. The molecular weight excluding hydrogens is 486 g/mol. The first kappa shape index (κ1) is 27.6. The van der Waals surface area contributed by atoms with E-state index in [9.17, 15) is 4.79 Å². The van der Waals surface area contributed by atoms with Crippen molar-refractivity contribution in [2.45, 2.75) is 76.3 Å². The summed E-state index contributed by atoms with van der Waals surface area (Å²) >= 11 is 0. The van der Waals surface area contributed by atoms with Crippen LogP contribution in [0.5, 0.6) is 0 Å². The molecule has 2 aromatic rings. The van der Waals surface area contributed by atoms with Crippen molar-refractivity contribution in [2.75, 3.05) is 26.2 Å². The fourth-order valence-corrected chi connectivity index (χ4v) is 8.11. The first-order valence-electron chi connectivity index (χ1n) is 14.6. The normalized spacial score (nSPS) is 29.0. The molecular formula is C32H47N3O2Si. The van der Waals surface area contributed by atoms with Crippen molar-refractivity contribution in [3.05, 3.63) is 71.8 Å². The minimum Gasteiger partial charge on any atom is -0.417 e. The number of hydrogen-bond acceptors (Lipinski definition) is 4. The zero-order chi connectivity index (χ0) is 27.0. The third-order valence-corrected chi connectivity index (χ3v) is 14.7. The fourth-order valence-electron chi connectivity index (χ4n) is 7.05. The Hall–Kier alpha value is -1.99. The standard InChI is InChI=1S/C32H47N3O2Si/c1-31(2,3)38(4,5)37-19-17-28-26-20-27-23-35(18-16-24-12-8-6-9-13-24)29(28)32(27,34-22-26)30(36)33-21-25-14-10-7-11-15-25/h6-15,26-29,34H,16-23H2,1-5H3,(H,33,36). The van der Waals surface area contributed by atoms with Gasteiger partial charge in [0.25, 0.3) is 0 Å². The summed E-state index contributed by atoms with van der Waals surface area (Å²) in [6.45, 7) is 15.9. The lowest BCUT2D eigenvalue weighted by Gasteiger charge is -2.56. The van der Waals surface area contributed by atoms with E-state index in [-0.39, 0.29) is 17.0 Å². The highest BCUT2D eigenvalue weighted by molar-refractivity contribution is 6.74. The molecule has 6 rings (SSSR count). The van der Waals surface area contributed by atoms with Crippen molar-refractivity contribution in [2.24, 2.45) is 17.8 Å². The molecule has 3 aliphatic heterocycles. The van der Waals surface area contributed by atoms with Gasteiger partial charge < -0.3 is 15.1 Å². The second-order valence-corrected chi connectivity index (χ2v) is 18.2. The van der Waals surface area contributed by atoms with E-state index in [2.05, 4.69) is 91.9 Å². The molecule has 4 bridgehead atoms. The van der Waals surface area contributed by atoms with Crippen LogP contribution in [0, 0.1) is 17.8 Å². The van der Waals surface area contributed by atoms with E-state index >= 15 is 0 Å². The van der Waals surface area contributed by atoms with Crippen molar-refractivity contribution in [3.8, 4) is 0 Å². The van der Waals surface area contributed by atoms with Gasteiger partial charge in [0, 0.05) is 38.2 Å². The molecule has 5 unspecified atom stereocenters. The zero-order valence-electron chi connectivity index (χ0n) is 24.0. The van der Waals surface area contributed by atoms with Gasteiger partial charge in [-0.05, 0) is 66.9 Å². The maximum Gasteiger partial charge on any atom is 0.242 e. The summed E-state index contributed by atoms with van der Waals surface area (Å²) in [6, 6.07) is 21.3. The van der Waals surface area contributed by atoms with Crippen LogP contribution in [0.15, 0.2) is 60.7 Å². The number of hydrogen-bond donors (Lipinski definition) is 2. The Kier molecular flexibility index (Phi) is 7.89. The third-order valence-electron chi connectivity index (χ3n) is 10.1. The molecule has 4 fully saturated rings. The van der Waals surface area contributed by atoms with Crippen LogP contribution in [0.1, 0.15) is 44.7 Å². The highest BCUT2D eigenvalue weighted by Gasteiger charge is 2.67. The molecule has 206 valence electrons. The molecule has 6 heteroatoms. The van der Waals surface area contributed by atoms with Crippen LogP contribution >= 0.6 is 0 Å². The smallest absolute Gasteiger partial charge is 0.242 e. The van der Waals surface area contributed by atoms with Crippen LogP contribution in [0.25, 0.3) is 0 Å². The van der Waals surface area contributed by atoms with Gasteiger partial charge in [0.2, 0.25) is 5.91 Å². The Morgan fingerprint density at radius 3 is 2.39 bits per heavy atom. The molecule has 5 nitrogen and oxygen atoms in total. The summed E-state index contributed by atoms with van der Waals surface area (Å²) in [5.74, 6) is 1.62. The summed E-state index contributed by atoms with van der Waals surface area (Å²) < 4.78 is 6.67. The van der Waals surface area contributed by atoms with Gasteiger partial charge in [-0.15, -0.1) is 0 Å². The van der Waals surface area contributed by atoms with E-state index in [4.69, 9.17) is 4.43 Å². The average molecular weight is 534 g/mol. The number of nitrogens with zero attached hydrogens (tertiary/aromatic N) is 1. The van der Waals surface area contributed by atoms with Gasteiger partial charge in [0.1, 0.15) is 5.54 Å². The Balaban J connectivity index is 1.36. The van der Waals surface area contributed by atoms with Crippen molar-refractivity contribution in [1.29, 1.82) is 0 Å². The fraction of sp³-hybridized carbons (Fsp3) is 0.594. The number of carbonyl (C=O) groups is 1. The van der Waals surface area contributed by atoms with Crippen LogP contribution in [0.3, 0.4) is 0 Å². The van der Waals surface area contributed by atoms with Crippen molar-refractivity contribution in [1.82, 2.24) is 15.5 Å². The molecule has 5 atom stereocenters. The summed E-state index contributed by atoms with van der Waals surface area (Å²) in [5, 5.41) is 7.39. The summed E-state index contributed by atoms with van der Waals surface area (Å²) in [6.07, 6.45) is 3.18. The average Bonchev–Trinajstić information content (AvgIpc) is 3.16. The Morgan fingerprint density at radius 1 is 1.08 bits per heavy atom. The molecule has 1 aliphatic carbocycles.